The molecule has 0 saturated carbocycles. The van der Waals surface area contributed by atoms with Crippen molar-refractivity contribution in [3.63, 3.8) is 0 Å². The zero-order valence-corrected chi connectivity index (χ0v) is 26.7. The molecule has 1 nitrogen and oxygen atoms in total. The van der Waals surface area contributed by atoms with Gasteiger partial charge in [0.1, 0.15) is 5.75 Å². The second-order valence-corrected chi connectivity index (χ2v) is 13.7. The van der Waals surface area contributed by atoms with Crippen LogP contribution in [0.4, 0.5) is 26.3 Å². The van der Waals surface area contributed by atoms with Gasteiger partial charge < -0.3 is 4.74 Å². The lowest BCUT2D eigenvalue weighted by Gasteiger charge is -2.29. The predicted molar refractivity (Wildman–Crippen MR) is 163 cm³/mol. The fourth-order valence-electron chi connectivity index (χ4n) is 5.58. The van der Waals surface area contributed by atoms with Gasteiger partial charge in [0.25, 0.3) is 0 Å². The quantitative estimate of drug-likeness (QED) is 0.152. The Morgan fingerprint density at radius 1 is 0.619 bits per heavy atom. The van der Waals surface area contributed by atoms with Crippen LogP contribution in [-0.4, -0.2) is 7.11 Å². The molecule has 0 saturated heterocycles. The van der Waals surface area contributed by atoms with Crippen molar-refractivity contribution in [3.05, 3.63) is 104 Å². The second kappa shape index (κ2) is 11.7. The summed E-state index contributed by atoms with van der Waals surface area (Å²) in [5.74, 6) is 0.370. The molecule has 4 aromatic rings. The van der Waals surface area contributed by atoms with Crippen molar-refractivity contribution in [3.8, 4) is 16.9 Å². The summed E-state index contributed by atoms with van der Waals surface area (Å²) in [6, 6.07) is 14.0. The molecule has 0 atom stereocenters. The predicted octanol–water partition coefficient (Wildman–Crippen LogP) is 9.77. The SMILES string of the molecule is COc1c(C)cc(Br)c(-c2c(P(c3cc(C)cc(C)c3)c3cc(C)cc(C)c3)cc(C(F)(F)F)cc2C(F)(F)F)c1C. The number of hydrogen-bond acceptors (Lipinski definition) is 1. The first-order valence-electron chi connectivity index (χ1n) is 13.1. The standard InChI is InChI=1S/C33H30BrF6OP/c1-17-8-18(2)11-24(10-17)42(25-12-19(3)9-20(4)13-25)28-16-23(32(35,36)37)15-26(33(38,39)40)30(28)29-22(6)31(41-7)21(5)14-27(29)34/h8-16H,1-7H3. The van der Waals surface area contributed by atoms with Crippen LogP contribution in [0.1, 0.15) is 44.5 Å². The van der Waals surface area contributed by atoms with Crippen LogP contribution < -0.4 is 20.7 Å². The fourth-order valence-corrected chi connectivity index (χ4v) is 9.33. The van der Waals surface area contributed by atoms with E-state index in [0.717, 1.165) is 28.3 Å². The summed E-state index contributed by atoms with van der Waals surface area (Å²) < 4.78 is 93.7. The van der Waals surface area contributed by atoms with Crippen LogP contribution in [0.15, 0.2) is 59.1 Å². The molecule has 4 rings (SSSR count). The molecule has 0 unspecified atom stereocenters. The molecular formula is C33H30BrF6OP. The van der Waals surface area contributed by atoms with Crippen LogP contribution in [0.3, 0.4) is 0 Å². The molecule has 42 heavy (non-hydrogen) atoms. The number of ether oxygens (including phenoxy) is 1. The first-order chi connectivity index (χ1) is 19.4. The summed E-state index contributed by atoms with van der Waals surface area (Å²) in [7, 11) is -0.470. The van der Waals surface area contributed by atoms with E-state index >= 15 is 0 Å². The number of hydrogen-bond donors (Lipinski definition) is 0. The molecule has 0 heterocycles. The van der Waals surface area contributed by atoms with E-state index < -0.39 is 31.4 Å². The van der Waals surface area contributed by atoms with Crippen LogP contribution in [0, 0.1) is 41.5 Å². The van der Waals surface area contributed by atoms with Crippen molar-refractivity contribution < 1.29 is 31.1 Å². The van der Waals surface area contributed by atoms with Crippen LogP contribution in [0.5, 0.6) is 5.75 Å². The van der Waals surface area contributed by atoms with Gasteiger partial charge in [-0.25, -0.2) is 0 Å². The van der Waals surface area contributed by atoms with Gasteiger partial charge in [0.2, 0.25) is 0 Å². The average molecular weight is 667 g/mol. The molecule has 4 aromatic carbocycles. The zero-order chi connectivity index (χ0) is 31.3. The van der Waals surface area contributed by atoms with E-state index in [1.165, 1.54) is 7.11 Å². The van der Waals surface area contributed by atoms with Crippen molar-refractivity contribution in [1.82, 2.24) is 0 Å². The Balaban J connectivity index is 2.31. The Bertz CT molecular complexity index is 1580. The van der Waals surface area contributed by atoms with Crippen LogP contribution in [-0.2, 0) is 12.4 Å². The Kier molecular flexibility index (Phi) is 8.93. The molecule has 0 aliphatic heterocycles. The number of methoxy groups -OCH3 is 1. The third-order valence-corrected chi connectivity index (χ3v) is 10.0. The van der Waals surface area contributed by atoms with Gasteiger partial charge in [-0.05, 0) is 89.1 Å². The lowest BCUT2D eigenvalue weighted by Crippen LogP contribution is -2.27. The van der Waals surface area contributed by atoms with Gasteiger partial charge in [-0.2, -0.15) is 26.3 Å². The number of benzene rings is 4. The lowest BCUT2D eigenvalue weighted by atomic mass is 9.92. The number of alkyl halides is 6. The summed E-state index contributed by atoms with van der Waals surface area (Å²) in [6.07, 6.45) is -10.1. The highest BCUT2D eigenvalue weighted by Gasteiger charge is 2.42. The largest absolute Gasteiger partial charge is 0.496 e. The summed E-state index contributed by atoms with van der Waals surface area (Å²) in [6.45, 7) is 10.9. The molecule has 9 heteroatoms. The highest BCUT2D eigenvalue weighted by atomic mass is 79.9. The molecule has 0 aliphatic carbocycles. The maximum Gasteiger partial charge on any atom is 0.417 e. The summed E-state index contributed by atoms with van der Waals surface area (Å²) in [5, 5.41) is 1.29. The molecule has 0 N–H and O–H groups in total. The molecule has 222 valence electrons. The molecule has 0 fully saturated rings. The minimum absolute atomic E-state index is 0.0307. The minimum atomic E-state index is -5.08. The molecule has 0 radical (unpaired) electrons. The molecule has 0 amide bonds. The zero-order valence-electron chi connectivity index (χ0n) is 24.2. The van der Waals surface area contributed by atoms with Crippen molar-refractivity contribution in [2.45, 2.75) is 53.9 Å². The van der Waals surface area contributed by atoms with E-state index in [-0.39, 0.29) is 22.5 Å². The minimum Gasteiger partial charge on any atom is -0.496 e. The molecule has 0 aromatic heterocycles. The van der Waals surface area contributed by atoms with Crippen molar-refractivity contribution in [1.29, 1.82) is 0 Å². The summed E-state index contributed by atoms with van der Waals surface area (Å²) in [5.41, 5.74) is 1.69. The molecule has 0 bridgehead atoms. The Labute approximate surface area is 251 Å². The third-order valence-electron chi connectivity index (χ3n) is 7.03. The van der Waals surface area contributed by atoms with Gasteiger partial charge in [0.05, 0.1) is 18.2 Å². The van der Waals surface area contributed by atoms with Gasteiger partial charge in [-0.3, -0.25) is 0 Å². The van der Waals surface area contributed by atoms with Gasteiger partial charge in [-0.15, -0.1) is 0 Å². The van der Waals surface area contributed by atoms with Crippen LogP contribution in [0.25, 0.3) is 11.1 Å². The topological polar surface area (TPSA) is 9.23 Å². The van der Waals surface area contributed by atoms with E-state index in [4.69, 9.17) is 4.74 Å². The average Bonchev–Trinajstić information content (AvgIpc) is 2.82. The highest BCUT2D eigenvalue weighted by Crippen LogP contribution is 2.49. The first kappa shape index (κ1) is 32.1. The second-order valence-electron chi connectivity index (χ2n) is 10.6. The van der Waals surface area contributed by atoms with Crippen molar-refractivity contribution in [2.75, 3.05) is 7.11 Å². The van der Waals surface area contributed by atoms with Gasteiger partial charge in [0.15, 0.2) is 0 Å². The summed E-state index contributed by atoms with van der Waals surface area (Å²) in [4.78, 5) is 0. The van der Waals surface area contributed by atoms with Crippen molar-refractivity contribution >= 4 is 39.8 Å². The first-order valence-corrected chi connectivity index (χ1v) is 15.2. The third kappa shape index (κ3) is 6.40. The number of halogens is 7. The highest BCUT2D eigenvalue weighted by molar-refractivity contribution is 9.10. The molecule has 0 spiro atoms. The van der Waals surface area contributed by atoms with E-state index in [1.54, 1.807) is 19.9 Å². The summed E-state index contributed by atoms with van der Waals surface area (Å²) >= 11 is 3.46. The number of aryl methyl sites for hydroxylation is 5. The number of rotatable bonds is 5. The van der Waals surface area contributed by atoms with E-state index in [0.29, 0.717) is 32.0 Å². The fraction of sp³-hybridized carbons (Fsp3) is 0.273. The van der Waals surface area contributed by atoms with E-state index in [2.05, 4.69) is 15.9 Å². The Morgan fingerprint density at radius 2 is 1.10 bits per heavy atom. The van der Waals surface area contributed by atoms with E-state index in [1.807, 2.05) is 64.1 Å². The lowest BCUT2D eigenvalue weighted by molar-refractivity contribution is -0.142. The monoisotopic (exact) mass is 666 g/mol. The molecular weight excluding hydrogens is 637 g/mol. The van der Waals surface area contributed by atoms with Crippen LogP contribution in [0.2, 0.25) is 0 Å². The normalized spacial score (nSPS) is 12.3. The maximum absolute atomic E-state index is 14.9. The maximum atomic E-state index is 14.9. The smallest absolute Gasteiger partial charge is 0.417 e. The molecule has 0 aliphatic rings. The van der Waals surface area contributed by atoms with Gasteiger partial charge in [0, 0.05) is 21.2 Å². The Hall–Kier alpha value is -2.83. The van der Waals surface area contributed by atoms with Crippen molar-refractivity contribution in [2.24, 2.45) is 0 Å². The van der Waals surface area contributed by atoms with E-state index in [9.17, 15) is 26.3 Å². The van der Waals surface area contributed by atoms with Crippen LogP contribution >= 0.6 is 23.9 Å². The van der Waals surface area contributed by atoms with Gasteiger partial charge in [-0.1, -0.05) is 74.6 Å². The van der Waals surface area contributed by atoms with Gasteiger partial charge >= 0.3 is 12.4 Å². The Morgan fingerprint density at radius 3 is 1.50 bits per heavy atom.